The quantitative estimate of drug-likeness (QED) is 0.835. The van der Waals surface area contributed by atoms with Gasteiger partial charge in [0.2, 0.25) is 10.0 Å². The Hall–Kier alpha value is -0.430. The van der Waals surface area contributed by atoms with E-state index >= 15 is 0 Å². The third-order valence-corrected chi connectivity index (χ3v) is 5.72. The summed E-state index contributed by atoms with van der Waals surface area (Å²) >= 11 is 1.10. The van der Waals surface area contributed by atoms with Gasteiger partial charge in [-0.15, -0.1) is 11.3 Å². The van der Waals surface area contributed by atoms with Crippen LogP contribution in [0, 0.1) is 5.41 Å². The molecule has 1 aromatic rings. The van der Waals surface area contributed by atoms with Gasteiger partial charge in [-0.05, 0) is 24.0 Å². The van der Waals surface area contributed by atoms with Crippen LogP contribution in [0.3, 0.4) is 0 Å². The predicted molar refractivity (Wildman–Crippen MR) is 69.5 cm³/mol. The van der Waals surface area contributed by atoms with Gasteiger partial charge in [0, 0.05) is 11.4 Å². The molecule has 0 fully saturated rings. The summed E-state index contributed by atoms with van der Waals surface area (Å²) in [6.45, 7) is 6.36. The predicted octanol–water partition coefficient (Wildman–Crippen LogP) is 1.95. The van der Waals surface area contributed by atoms with E-state index in [1.807, 2.05) is 20.8 Å². The fourth-order valence-corrected chi connectivity index (χ4v) is 3.58. The smallest absolute Gasteiger partial charge is 0.250 e. The zero-order valence-corrected chi connectivity index (χ0v) is 12.0. The number of hydrogen-bond acceptors (Lipinski definition) is 4. The van der Waals surface area contributed by atoms with E-state index in [9.17, 15) is 8.42 Å². The molecule has 0 amide bonds. The molecule has 0 aromatic carbocycles. The average Bonchev–Trinajstić information content (AvgIpc) is 2.76. The number of aliphatic hydroxyl groups excluding tert-OH is 1. The maximum atomic E-state index is 11.9. The average molecular weight is 277 g/mol. The van der Waals surface area contributed by atoms with Crippen LogP contribution in [0.4, 0.5) is 0 Å². The van der Waals surface area contributed by atoms with Crippen molar-refractivity contribution in [3.8, 4) is 0 Å². The van der Waals surface area contributed by atoms with Crippen molar-refractivity contribution in [3.63, 3.8) is 0 Å². The van der Waals surface area contributed by atoms with E-state index < -0.39 is 10.0 Å². The van der Waals surface area contributed by atoms with Gasteiger partial charge in [0.25, 0.3) is 0 Å². The van der Waals surface area contributed by atoms with Crippen molar-refractivity contribution in [1.29, 1.82) is 0 Å². The van der Waals surface area contributed by atoms with Crippen molar-refractivity contribution in [3.05, 3.63) is 17.0 Å². The summed E-state index contributed by atoms with van der Waals surface area (Å²) in [6.07, 6.45) is 0.905. The minimum absolute atomic E-state index is 0.0515. The van der Waals surface area contributed by atoms with Crippen LogP contribution in [0.5, 0.6) is 0 Å². The summed E-state index contributed by atoms with van der Waals surface area (Å²) in [5.74, 6) is 0. The van der Waals surface area contributed by atoms with E-state index in [1.165, 1.54) is 6.07 Å². The standard InChI is InChI=1S/C11H19NO3S2/c1-4-11(2,3)8-12-17(14,15)10-6-5-9(7-13)16-10/h5-6,12-13H,4,7-8H2,1-3H3. The molecule has 0 saturated carbocycles. The molecular weight excluding hydrogens is 258 g/mol. The van der Waals surface area contributed by atoms with E-state index in [0.29, 0.717) is 11.4 Å². The second-order valence-electron chi connectivity index (χ2n) is 4.72. The van der Waals surface area contributed by atoms with Crippen molar-refractivity contribution in [2.45, 2.75) is 38.0 Å². The van der Waals surface area contributed by atoms with Gasteiger partial charge in [0.1, 0.15) is 4.21 Å². The third-order valence-electron chi connectivity index (χ3n) is 2.76. The van der Waals surface area contributed by atoms with E-state index in [4.69, 9.17) is 5.11 Å². The molecule has 2 N–H and O–H groups in total. The number of rotatable bonds is 6. The first-order valence-electron chi connectivity index (χ1n) is 5.50. The molecular formula is C11H19NO3S2. The van der Waals surface area contributed by atoms with Crippen molar-refractivity contribution in [2.24, 2.45) is 5.41 Å². The maximum absolute atomic E-state index is 11.9. The molecule has 0 atom stereocenters. The van der Waals surface area contributed by atoms with Crippen LogP contribution in [-0.4, -0.2) is 20.1 Å². The van der Waals surface area contributed by atoms with Gasteiger partial charge >= 0.3 is 0 Å². The zero-order valence-electron chi connectivity index (χ0n) is 10.4. The highest BCUT2D eigenvalue weighted by Gasteiger charge is 2.21. The Morgan fingerprint density at radius 3 is 2.53 bits per heavy atom. The number of thiophene rings is 1. The number of hydrogen-bond donors (Lipinski definition) is 2. The second kappa shape index (κ2) is 5.48. The molecule has 0 aliphatic rings. The molecule has 6 heteroatoms. The van der Waals surface area contributed by atoms with Crippen molar-refractivity contribution >= 4 is 21.4 Å². The first-order valence-corrected chi connectivity index (χ1v) is 7.80. The summed E-state index contributed by atoms with van der Waals surface area (Å²) < 4.78 is 26.7. The van der Waals surface area contributed by atoms with E-state index in [-0.39, 0.29) is 16.2 Å². The van der Waals surface area contributed by atoms with Gasteiger partial charge in [-0.25, -0.2) is 13.1 Å². The normalized spacial score (nSPS) is 12.9. The highest BCUT2D eigenvalue weighted by atomic mass is 32.2. The Morgan fingerprint density at radius 1 is 1.41 bits per heavy atom. The van der Waals surface area contributed by atoms with Crippen molar-refractivity contribution < 1.29 is 13.5 Å². The highest BCUT2D eigenvalue weighted by molar-refractivity contribution is 7.91. The fourth-order valence-electron chi connectivity index (χ4n) is 1.07. The Bertz CT molecular complexity index is 463. The number of sulfonamides is 1. The van der Waals surface area contributed by atoms with Crippen LogP contribution in [0.2, 0.25) is 0 Å². The Balaban J connectivity index is 2.76. The van der Waals surface area contributed by atoms with Crippen molar-refractivity contribution in [1.82, 2.24) is 4.72 Å². The number of aliphatic hydroxyl groups is 1. The van der Waals surface area contributed by atoms with Crippen LogP contribution < -0.4 is 4.72 Å². The molecule has 0 bridgehead atoms. The van der Waals surface area contributed by atoms with Gasteiger partial charge in [-0.1, -0.05) is 20.8 Å². The van der Waals surface area contributed by atoms with E-state index in [2.05, 4.69) is 4.72 Å². The molecule has 0 aliphatic carbocycles. The fraction of sp³-hybridized carbons (Fsp3) is 0.636. The molecule has 1 heterocycles. The molecule has 98 valence electrons. The van der Waals surface area contributed by atoms with Crippen LogP contribution in [0.15, 0.2) is 16.3 Å². The Labute approximate surface area is 107 Å². The summed E-state index contributed by atoms with van der Waals surface area (Å²) in [4.78, 5) is 0.653. The molecule has 0 saturated heterocycles. The lowest BCUT2D eigenvalue weighted by Crippen LogP contribution is -2.33. The monoisotopic (exact) mass is 277 g/mol. The summed E-state index contributed by atoms with van der Waals surface area (Å²) in [6, 6.07) is 3.15. The molecule has 0 radical (unpaired) electrons. The van der Waals surface area contributed by atoms with Gasteiger partial charge in [-0.2, -0.15) is 0 Å². The molecule has 1 aromatic heterocycles. The van der Waals surface area contributed by atoms with Gasteiger partial charge < -0.3 is 5.11 Å². The lowest BCUT2D eigenvalue weighted by molar-refractivity contribution is 0.285. The van der Waals surface area contributed by atoms with E-state index in [1.54, 1.807) is 6.07 Å². The number of nitrogens with one attached hydrogen (secondary N) is 1. The van der Waals surface area contributed by atoms with Crippen LogP contribution >= 0.6 is 11.3 Å². The summed E-state index contributed by atoms with van der Waals surface area (Å²) in [5.41, 5.74) is -0.0515. The lowest BCUT2D eigenvalue weighted by Gasteiger charge is -2.22. The topological polar surface area (TPSA) is 66.4 Å². The Kier molecular flexibility index (Phi) is 4.71. The molecule has 4 nitrogen and oxygen atoms in total. The van der Waals surface area contributed by atoms with Gasteiger partial charge in [0.05, 0.1) is 6.61 Å². The minimum atomic E-state index is -3.44. The SMILES string of the molecule is CCC(C)(C)CNS(=O)(=O)c1ccc(CO)s1. The van der Waals surface area contributed by atoms with Crippen LogP contribution in [0.25, 0.3) is 0 Å². The van der Waals surface area contributed by atoms with Crippen LogP contribution in [0.1, 0.15) is 32.1 Å². The zero-order chi connectivity index (χ0) is 13.1. The molecule has 0 spiro atoms. The second-order valence-corrected chi connectivity index (χ2v) is 7.88. The third kappa shape index (κ3) is 4.06. The lowest BCUT2D eigenvalue weighted by atomic mass is 9.91. The van der Waals surface area contributed by atoms with Gasteiger partial charge in [-0.3, -0.25) is 0 Å². The highest BCUT2D eigenvalue weighted by Crippen LogP contribution is 2.23. The van der Waals surface area contributed by atoms with E-state index in [0.717, 1.165) is 17.8 Å². The van der Waals surface area contributed by atoms with Crippen LogP contribution in [-0.2, 0) is 16.6 Å². The van der Waals surface area contributed by atoms with Gasteiger partial charge in [0.15, 0.2) is 0 Å². The first-order chi connectivity index (χ1) is 7.80. The summed E-state index contributed by atoms with van der Waals surface area (Å²) in [7, 11) is -3.44. The summed E-state index contributed by atoms with van der Waals surface area (Å²) in [5, 5.41) is 8.91. The molecule has 17 heavy (non-hydrogen) atoms. The first kappa shape index (κ1) is 14.6. The van der Waals surface area contributed by atoms with Crippen molar-refractivity contribution in [2.75, 3.05) is 6.54 Å². The molecule has 1 rings (SSSR count). The molecule has 0 aliphatic heterocycles. The largest absolute Gasteiger partial charge is 0.391 e. The maximum Gasteiger partial charge on any atom is 0.250 e. The minimum Gasteiger partial charge on any atom is -0.391 e. The molecule has 0 unspecified atom stereocenters. The Morgan fingerprint density at radius 2 is 2.06 bits per heavy atom.